The van der Waals surface area contributed by atoms with Crippen molar-refractivity contribution < 1.29 is 9.90 Å². The number of aliphatic carboxylic acids is 1. The summed E-state index contributed by atoms with van der Waals surface area (Å²) in [5.41, 5.74) is 0.354. The zero-order valence-electron chi connectivity index (χ0n) is 8.45. The van der Waals surface area contributed by atoms with Crippen molar-refractivity contribution >= 4 is 5.97 Å². The molecule has 4 heteroatoms. The molecule has 1 aliphatic rings. The molecule has 0 spiro atoms. The van der Waals surface area contributed by atoms with Crippen molar-refractivity contribution in [2.24, 2.45) is 0 Å². The average molecular weight is 196 g/mol. The van der Waals surface area contributed by atoms with Crippen molar-refractivity contribution in [2.75, 3.05) is 0 Å². The molecule has 0 radical (unpaired) electrons. The Morgan fingerprint density at radius 2 is 2.50 bits per heavy atom. The maximum Gasteiger partial charge on any atom is 0.335 e. The molecule has 0 amide bonds. The van der Waals surface area contributed by atoms with E-state index < -0.39 is 5.97 Å². The minimum Gasteiger partial charge on any atom is -0.478 e. The van der Waals surface area contributed by atoms with Crippen LogP contribution in [0.2, 0.25) is 0 Å². The number of hydrogen-bond acceptors (Lipinski definition) is 3. The molecule has 0 saturated carbocycles. The Hall–Kier alpha value is -1.29. The van der Waals surface area contributed by atoms with Gasteiger partial charge in [-0.25, -0.2) is 4.79 Å². The van der Waals surface area contributed by atoms with E-state index in [1.54, 1.807) is 18.4 Å². The fourth-order valence-corrected chi connectivity index (χ4v) is 1.22. The van der Waals surface area contributed by atoms with Crippen LogP contribution in [0.1, 0.15) is 20.3 Å². The fourth-order valence-electron chi connectivity index (χ4n) is 1.22. The number of carbonyl (C=O) groups is 1. The van der Waals surface area contributed by atoms with Crippen molar-refractivity contribution in [2.45, 2.75) is 32.5 Å². The quantitative estimate of drug-likeness (QED) is 0.623. The average Bonchev–Trinajstić information content (AvgIpc) is 2.18. The molecule has 0 aromatic carbocycles. The Morgan fingerprint density at radius 1 is 1.79 bits per heavy atom. The van der Waals surface area contributed by atoms with Crippen molar-refractivity contribution in [1.82, 2.24) is 10.6 Å². The smallest absolute Gasteiger partial charge is 0.335 e. The normalized spacial score (nSPS) is 22.4. The van der Waals surface area contributed by atoms with Gasteiger partial charge in [0.25, 0.3) is 0 Å². The van der Waals surface area contributed by atoms with Crippen molar-refractivity contribution in [3.05, 3.63) is 23.9 Å². The summed E-state index contributed by atoms with van der Waals surface area (Å²) < 4.78 is 0. The summed E-state index contributed by atoms with van der Waals surface area (Å²) in [6.07, 6.45) is 5.73. The molecule has 2 atom stereocenters. The third-order valence-corrected chi connectivity index (χ3v) is 2.26. The van der Waals surface area contributed by atoms with Crippen LogP contribution in [0.25, 0.3) is 0 Å². The third-order valence-electron chi connectivity index (χ3n) is 2.26. The van der Waals surface area contributed by atoms with E-state index in [-0.39, 0.29) is 6.17 Å². The number of hydrogen-bond donors (Lipinski definition) is 3. The second-order valence-corrected chi connectivity index (χ2v) is 3.36. The first-order chi connectivity index (χ1) is 6.65. The van der Waals surface area contributed by atoms with E-state index in [1.807, 2.05) is 6.92 Å². The summed E-state index contributed by atoms with van der Waals surface area (Å²) in [6.45, 7) is 4.08. The van der Waals surface area contributed by atoms with E-state index in [9.17, 15) is 4.79 Å². The molecule has 0 aliphatic carbocycles. The highest BCUT2D eigenvalue weighted by atomic mass is 16.4. The van der Waals surface area contributed by atoms with Gasteiger partial charge in [-0.3, -0.25) is 5.32 Å². The van der Waals surface area contributed by atoms with Gasteiger partial charge in [0.2, 0.25) is 0 Å². The lowest BCUT2D eigenvalue weighted by Gasteiger charge is -2.25. The van der Waals surface area contributed by atoms with Crippen LogP contribution >= 0.6 is 0 Å². The first kappa shape index (κ1) is 10.8. The summed E-state index contributed by atoms with van der Waals surface area (Å²) in [4.78, 5) is 10.9. The number of allylic oxidation sites excluding steroid dienone is 2. The van der Waals surface area contributed by atoms with Gasteiger partial charge in [-0.15, -0.1) is 0 Å². The highest BCUT2D eigenvalue weighted by Crippen LogP contribution is 2.06. The largest absolute Gasteiger partial charge is 0.478 e. The highest BCUT2D eigenvalue weighted by Gasteiger charge is 2.21. The zero-order chi connectivity index (χ0) is 10.6. The van der Waals surface area contributed by atoms with Gasteiger partial charge in [0.15, 0.2) is 0 Å². The Kier molecular flexibility index (Phi) is 3.71. The van der Waals surface area contributed by atoms with Gasteiger partial charge in [-0.2, -0.15) is 0 Å². The maximum absolute atomic E-state index is 10.9. The van der Waals surface area contributed by atoms with Crippen molar-refractivity contribution in [3.63, 3.8) is 0 Å². The van der Waals surface area contributed by atoms with Gasteiger partial charge in [0.05, 0.1) is 5.57 Å². The molecular formula is C10H16N2O2. The van der Waals surface area contributed by atoms with Gasteiger partial charge in [0.1, 0.15) is 6.17 Å². The minimum absolute atomic E-state index is 0.285. The van der Waals surface area contributed by atoms with Crippen LogP contribution in [-0.2, 0) is 4.79 Å². The summed E-state index contributed by atoms with van der Waals surface area (Å²) in [7, 11) is 0. The van der Waals surface area contributed by atoms with Gasteiger partial charge in [-0.1, -0.05) is 6.92 Å². The number of carboxylic acid groups (broad SMARTS) is 1. The predicted octanol–water partition coefficient (Wildman–Crippen LogP) is 0.828. The first-order valence-electron chi connectivity index (χ1n) is 4.77. The Labute approximate surface area is 83.7 Å². The molecule has 1 rings (SSSR count). The van der Waals surface area contributed by atoms with E-state index in [2.05, 4.69) is 17.6 Å². The number of dihydropyridines is 1. The minimum atomic E-state index is -0.886. The SMILES string of the molecule is CC[C@H](C)NC1NC=CC=C1C(=O)O. The second-order valence-electron chi connectivity index (χ2n) is 3.36. The summed E-state index contributed by atoms with van der Waals surface area (Å²) in [6, 6.07) is 0.293. The third kappa shape index (κ3) is 2.60. The van der Waals surface area contributed by atoms with Crippen LogP contribution < -0.4 is 10.6 Å². The predicted molar refractivity (Wildman–Crippen MR) is 54.7 cm³/mol. The summed E-state index contributed by atoms with van der Waals surface area (Å²) in [5.74, 6) is -0.886. The second kappa shape index (κ2) is 4.81. The Bertz CT molecular complexity index is 271. The molecule has 1 unspecified atom stereocenters. The highest BCUT2D eigenvalue weighted by molar-refractivity contribution is 5.88. The van der Waals surface area contributed by atoms with E-state index in [1.165, 1.54) is 0 Å². The molecule has 1 heterocycles. The van der Waals surface area contributed by atoms with Crippen LogP contribution in [0.3, 0.4) is 0 Å². The van der Waals surface area contributed by atoms with Crippen LogP contribution in [0, 0.1) is 0 Å². The lowest BCUT2D eigenvalue weighted by atomic mass is 10.1. The van der Waals surface area contributed by atoms with Gasteiger partial charge < -0.3 is 10.4 Å². The molecule has 0 saturated heterocycles. The first-order valence-corrected chi connectivity index (χ1v) is 4.77. The molecule has 0 aromatic heterocycles. The molecular weight excluding hydrogens is 180 g/mol. The summed E-state index contributed by atoms with van der Waals surface area (Å²) >= 11 is 0. The number of nitrogens with one attached hydrogen (secondary N) is 2. The Balaban J connectivity index is 2.65. The van der Waals surface area contributed by atoms with E-state index in [0.29, 0.717) is 11.6 Å². The fraction of sp³-hybridized carbons (Fsp3) is 0.500. The van der Waals surface area contributed by atoms with Crippen LogP contribution in [0.4, 0.5) is 0 Å². The van der Waals surface area contributed by atoms with E-state index >= 15 is 0 Å². The number of carboxylic acids is 1. The molecule has 0 aromatic rings. The molecule has 3 N–H and O–H groups in total. The standard InChI is InChI=1S/C10H16N2O2/c1-3-7(2)12-9-8(10(13)14)5-4-6-11-9/h4-7,9,11-12H,3H2,1-2H3,(H,13,14)/t7-,9?/m0/s1. The van der Waals surface area contributed by atoms with Crippen molar-refractivity contribution in [3.8, 4) is 0 Å². The lowest BCUT2D eigenvalue weighted by Crippen LogP contribution is -2.48. The molecule has 4 nitrogen and oxygen atoms in total. The molecule has 78 valence electrons. The molecule has 1 aliphatic heterocycles. The number of rotatable bonds is 4. The monoisotopic (exact) mass is 196 g/mol. The topological polar surface area (TPSA) is 61.4 Å². The lowest BCUT2D eigenvalue weighted by molar-refractivity contribution is -0.133. The molecule has 0 fully saturated rings. The maximum atomic E-state index is 10.9. The van der Waals surface area contributed by atoms with Gasteiger partial charge in [-0.05, 0) is 31.7 Å². The van der Waals surface area contributed by atoms with E-state index in [0.717, 1.165) is 6.42 Å². The van der Waals surface area contributed by atoms with Gasteiger partial charge in [0, 0.05) is 6.04 Å². The van der Waals surface area contributed by atoms with E-state index in [4.69, 9.17) is 5.11 Å². The summed E-state index contributed by atoms with van der Waals surface area (Å²) in [5, 5.41) is 15.1. The van der Waals surface area contributed by atoms with Crippen molar-refractivity contribution in [1.29, 1.82) is 0 Å². The Morgan fingerprint density at radius 3 is 3.07 bits per heavy atom. The van der Waals surface area contributed by atoms with Gasteiger partial charge >= 0.3 is 5.97 Å². The van der Waals surface area contributed by atoms with Crippen LogP contribution in [-0.4, -0.2) is 23.3 Å². The van der Waals surface area contributed by atoms with Crippen LogP contribution in [0.15, 0.2) is 23.9 Å². The molecule has 14 heavy (non-hydrogen) atoms. The molecule has 0 bridgehead atoms. The van der Waals surface area contributed by atoms with Crippen LogP contribution in [0.5, 0.6) is 0 Å². The zero-order valence-corrected chi connectivity index (χ0v) is 8.45.